The Morgan fingerprint density at radius 2 is 1.57 bits per heavy atom. The van der Waals surface area contributed by atoms with Gasteiger partial charge >= 0.3 is 0 Å². The van der Waals surface area contributed by atoms with Gasteiger partial charge in [-0.2, -0.15) is 0 Å². The largest absolute Gasteiger partial charge is 0.325 e. The minimum absolute atomic E-state index is 0.125. The number of thioether (sulfide) groups is 1. The molecule has 0 fully saturated rings. The number of benzene rings is 4. The summed E-state index contributed by atoms with van der Waals surface area (Å²) in [5, 5.41) is 14.1. The van der Waals surface area contributed by atoms with Crippen molar-refractivity contribution < 1.29 is 4.79 Å². The number of rotatable bonds is 7. The van der Waals surface area contributed by atoms with Crippen LogP contribution in [0.5, 0.6) is 0 Å². The smallest absolute Gasteiger partial charge is 0.234 e. The number of hydrogen-bond acceptors (Lipinski definition) is 6. The predicted octanol–water partition coefficient (Wildman–Crippen LogP) is 8.21. The van der Waals surface area contributed by atoms with Crippen LogP contribution in [0.25, 0.3) is 37.9 Å². The van der Waals surface area contributed by atoms with Crippen LogP contribution in [-0.4, -0.2) is 31.4 Å². The normalized spacial score (nSPS) is 11.2. The van der Waals surface area contributed by atoms with Crippen molar-refractivity contribution in [1.29, 1.82) is 0 Å². The zero-order valence-corrected chi connectivity index (χ0v) is 24.1. The highest BCUT2D eigenvalue weighted by molar-refractivity contribution is 7.99. The molecule has 0 aliphatic heterocycles. The first-order valence-corrected chi connectivity index (χ1v) is 14.8. The number of nitrogens with zero attached hydrogens (tertiary/aromatic N) is 4. The van der Waals surface area contributed by atoms with Gasteiger partial charge in [0.05, 0.1) is 16.0 Å². The van der Waals surface area contributed by atoms with Gasteiger partial charge < -0.3 is 5.32 Å². The Hall–Kier alpha value is -3.98. The van der Waals surface area contributed by atoms with E-state index < -0.39 is 0 Å². The minimum atomic E-state index is -0.125. The van der Waals surface area contributed by atoms with Gasteiger partial charge in [-0.15, -0.1) is 21.5 Å². The Morgan fingerprint density at radius 1 is 0.875 bits per heavy atom. The van der Waals surface area contributed by atoms with Gasteiger partial charge in [0.25, 0.3) is 0 Å². The summed E-state index contributed by atoms with van der Waals surface area (Å²) < 4.78 is 3.14. The molecule has 198 valence electrons. The monoisotopic (exact) mass is 581 g/mol. The highest BCUT2D eigenvalue weighted by Crippen LogP contribution is 2.32. The van der Waals surface area contributed by atoms with E-state index in [4.69, 9.17) is 16.6 Å². The molecule has 0 bridgehead atoms. The summed E-state index contributed by atoms with van der Waals surface area (Å²) >= 11 is 9.10. The first-order valence-electron chi connectivity index (χ1n) is 12.6. The summed E-state index contributed by atoms with van der Waals surface area (Å²) in [7, 11) is 0. The maximum absolute atomic E-state index is 12.9. The second-order valence-corrected chi connectivity index (χ2v) is 11.8. The van der Waals surface area contributed by atoms with Crippen molar-refractivity contribution in [2.45, 2.75) is 19.0 Å². The standard InChI is InChI=1S/C31H24ClN5OS2/c1-19-3-14-25(15-4-19)37-29(21-6-10-23(32)11-7-21)35-36-31(37)39-18-28(38)33-24-12-8-22(9-13-24)30-34-26-16-5-20(2)17-27(26)40-30/h3-17H,18H2,1-2H3,(H,33,38). The number of hydrogen-bond donors (Lipinski definition) is 1. The van der Waals surface area contributed by atoms with Crippen LogP contribution >= 0.6 is 34.7 Å². The average Bonchev–Trinajstić information content (AvgIpc) is 3.57. The van der Waals surface area contributed by atoms with E-state index in [1.807, 2.05) is 84.3 Å². The topological polar surface area (TPSA) is 72.7 Å². The van der Waals surface area contributed by atoms with Crippen LogP contribution in [0.3, 0.4) is 0 Å². The van der Waals surface area contributed by atoms with Gasteiger partial charge in [-0.05, 0) is 92.2 Å². The lowest BCUT2D eigenvalue weighted by Crippen LogP contribution is -2.14. The number of amides is 1. The Labute approximate surface area is 245 Å². The number of anilines is 1. The molecule has 6 nitrogen and oxygen atoms in total. The highest BCUT2D eigenvalue weighted by atomic mass is 35.5. The number of carbonyl (C=O) groups excluding carboxylic acids is 1. The Bertz CT molecular complexity index is 1810. The zero-order valence-electron chi connectivity index (χ0n) is 21.8. The summed E-state index contributed by atoms with van der Waals surface area (Å²) in [5.41, 5.74) is 6.93. The fourth-order valence-electron chi connectivity index (χ4n) is 4.25. The van der Waals surface area contributed by atoms with Gasteiger partial charge in [0.2, 0.25) is 5.91 Å². The van der Waals surface area contributed by atoms with Gasteiger partial charge in [0.15, 0.2) is 11.0 Å². The van der Waals surface area contributed by atoms with E-state index in [9.17, 15) is 4.79 Å². The van der Waals surface area contributed by atoms with Crippen molar-refractivity contribution in [2.24, 2.45) is 0 Å². The van der Waals surface area contributed by atoms with Crippen molar-refractivity contribution in [3.8, 4) is 27.6 Å². The molecule has 1 N–H and O–H groups in total. The molecule has 0 saturated heterocycles. The second-order valence-electron chi connectivity index (χ2n) is 9.39. The Balaban J connectivity index is 1.17. The fourth-order valence-corrected chi connectivity index (χ4v) is 6.20. The number of thiazole rings is 1. The molecule has 40 heavy (non-hydrogen) atoms. The lowest BCUT2D eigenvalue weighted by atomic mass is 10.2. The molecular weight excluding hydrogens is 558 g/mol. The van der Waals surface area contributed by atoms with Crippen LogP contribution in [0, 0.1) is 13.8 Å². The highest BCUT2D eigenvalue weighted by Gasteiger charge is 2.18. The summed E-state index contributed by atoms with van der Waals surface area (Å²) in [5.74, 6) is 0.743. The third-order valence-electron chi connectivity index (χ3n) is 6.32. The van der Waals surface area contributed by atoms with Gasteiger partial charge in [-0.25, -0.2) is 4.98 Å². The van der Waals surface area contributed by atoms with Gasteiger partial charge in [0.1, 0.15) is 5.01 Å². The molecule has 0 saturated carbocycles. The van der Waals surface area contributed by atoms with E-state index in [0.717, 1.165) is 38.6 Å². The number of aromatic nitrogens is 4. The van der Waals surface area contributed by atoms with E-state index in [-0.39, 0.29) is 11.7 Å². The maximum Gasteiger partial charge on any atom is 0.234 e. The lowest BCUT2D eigenvalue weighted by molar-refractivity contribution is -0.113. The third-order valence-corrected chi connectivity index (χ3v) is 8.57. The molecule has 6 aromatic rings. The number of fused-ring (bicyclic) bond motifs is 1. The van der Waals surface area contributed by atoms with Crippen LogP contribution in [0.1, 0.15) is 11.1 Å². The number of halogens is 1. The van der Waals surface area contributed by atoms with Gasteiger partial charge in [0, 0.05) is 27.5 Å². The van der Waals surface area contributed by atoms with Crippen molar-refractivity contribution in [2.75, 3.05) is 11.1 Å². The molecule has 6 rings (SSSR count). The molecule has 9 heteroatoms. The number of nitrogens with one attached hydrogen (secondary N) is 1. The number of carbonyl (C=O) groups is 1. The molecular formula is C31H24ClN5OS2. The summed E-state index contributed by atoms with van der Waals surface area (Å²) in [6.07, 6.45) is 0. The molecule has 0 unspecified atom stereocenters. The fraction of sp³-hybridized carbons (Fsp3) is 0.0968. The predicted molar refractivity (Wildman–Crippen MR) is 166 cm³/mol. The Kier molecular flexibility index (Phi) is 7.38. The maximum atomic E-state index is 12.9. The van der Waals surface area contributed by atoms with E-state index >= 15 is 0 Å². The van der Waals surface area contributed by atoms with Crippen molar-refractivity contribution >= 4 is 56.5 Å². The molecule has 0 atom stereocenters. The summed E-state index contributed by atoms with van der Waals surface area (Å²) in [6.45, 7) is 4.13. The molecule has 2 aromatic heterocycles. The van der Waals surface area contributed by atoms with Crippen LogP contribution in [0.15, 0.2) is 96.2 Å². The summed E-state index contributed by atoms with van der Waals surface area (Å²) in [6, 6.07) is 29.7. The molecule has 0 aliphatic rings. The molecule has 2 heterocycles. The van der Waals surface area contributed by atoms with Gasteiger partial charge in [-0.1, -0.05) is 47.1 Å². The molecule has 1 amide bonds. The van der Waals surface area contributed by atoms with Crippen LogP contribution < -0.4 is 5.32 Å². The van der Waals surface area contributed by atoms with E-state index in [1.165, 1.54) is 22.0 Å². The quantitative estimate of drug-likeness (QED) is 0.192. The second kappa shape index (κ2) is 11.3. The SMILES string of the molecule is Cc1ccc(-n2c(SCC(=O)Nc3ccc(-c4nc5ccc(C)cc5s4)cc3)nnc2-c2ccc(Cl)cc2)cc1. The molecule has 0 spiro atoms. The van der Waals surface area contributed by atoms with Crippen LogP contribution in [0.4, 0.5) is 5.69 Å². The first kappa shape index (κ1) is 26.3. The zero-order chi connectivity index (χ0) is 27.6. The molecule has 4 aromatic carbocycles. The lowest BCUT2D eigenvalue weighted by Gasteiger charge is -2.11. The first-order chi connectivity index (χ1) is 19.4. The van der Waals surface area contributed by atoms with Crippen LogP contribution in [0.2, 0.25) is 5.02 Å². The minimum Gasteiger partial charge on any atom is -0.325 e. The van der Waals surface area contributed by atoms with E-state index in [1.54, 1.807) is 11.3 Å². The van der Waals surface area contributed by atoms with Crippen molar-refractivity contribution in [1.82, 2.24) is 19.7 Å². The van der Waals surface area contributed by atoms with Crippen molar-refractivity contribution in [3.63, 3.8) is 0 Å². The third kappa shape index (κ3) is 5.65. The van der Waals surface area contributed by atoms with E-state index in [2.05, 4.69) is 40.6 Å². The average molecular weight is 582 g/mol. The van der Waals surface area contributed by atoms with Gasteiger partial charge in [-0.3, -0.25) is 9.36 Å². The Morgan fingerprint density at radius 3 is 2.33 bits per heavy atom. The summed E-state index contributed by atoms with van der Waals surface area (Å²) in [4.78, 5) is 17.6. The van der Waals surface area contributed by atoms with Crippen LogP contribution in [-0.2, 0) is 4.79 Å². The molecule has 0 aliphatic carbocycles. The molecule has 0 radical (unpaired) electrons. The van der Waals surface area contributed by atoms with Crippen molar-refractivity contribution in [3.05, 3.63) is 107 Å². The van der Waals surface area contributed by atoms with E-state index in [0.29, 0.717) is 16.0 Å². The number of aryl methyl sites for hydroxylation is 2.